The van der Waals surface area contributed by atoms with Crippen LogP contribution in [0.3, 0.4) is 0 Å². The van der Waals surface area contributed by atoms with Crippen LogP contribution in [0.15, 0.2) is 29.6 Å². The number of hydrogen-bond donors (Lipinski definition) is 0. The third-order valence-corrected chi connectivity index (χ3v) is 4.08. The lowest BCUT2D eigenvalue weighted by atomic mass is 10.2. The van der Waals surface area contributed by atoms with Crippen molar-refractivity contribution in [3.8, 4) is 16.3 Å². The van der Waals surface area contributed by atoms with E-state index in [1.165, 1.54) is 11.3 Å². The number of benzene rings is 1. The minimum Gasteiger partial charge on any atom is -0.497 e. The molecular weight excluding hydrogens is 306 g/mol. The lowest BCUT2D eigenvalue weighted by Gasteiger charge is -2.06. The average molecular weight is 319 g/mol. The molecule has 6 nitrogen and oxygen atoms in total. The van der Waals surface area contributed by atoms with E-state index in [1.54, 1.807) is 12.5 Å². The average Bonchev–Trinajstić information content (AvgIpc) is 3.17. The second-order valence-electron chi connectivity index (χ2n) is 4.62. The molecule has 1 saturated heterocycles. The number of nitrogens with zero attached hydrogens (tertiary/aromatic N) is 1. The quantitative estimate of drug-likeness (QED) is 0.805. The van der Waals surface area contributed by atoms with E-state index in [1.807, 2.05) is 24.3 Å². The van der Waals surface area contributed by atoms with Gasteiger partial charge in [-0.05, 0) is 24.3 Å². The second-order valence-corrected chi connectivity index (χ2v) is 5.47. The molecule has 22 heavy (non-hydrogen) atoms. The summed E-state index contributed by atoms with van der Waals surface area (Å²) in [7, 11) is 1.60. The summed E-state index contributed by atoms with van der Waals surface area (Å²) in [4.78, 5) is 27.5. The highest BCUT2D eigenvalue weighted by atomic mass is 32.1. The molecular formula is C15H13NO5S. The Labute approximate surface area is 130 Å². The fourth-order valence-electron chi connectivity index (χ4n) is 2.01. The molecule has 1 fully saturated rings. The first-order valence-electron chi connectivity index (χ1n) is 6.65. The van der Waals surface area contributed by atoms with Gasteiger partial charge >= 0.3 is 11.9 Å². The summed E-state index contributed by atoms with van der Waals surface area (Å²) < 4.78 is 15.0. The van der Waals surface area contributed by atoms with Crippen LogP contribution in [0, 0.1) is 0 Å². The predicted octanol–water partition coefficient (Wildman–Crippen LogP) is 2.29. The van der Waals surface area contributed by atoms with E-state index in [9.17, 15) is 9.59 Å². The Balaban J connectivity index is 1.72. The Morgan fingerprint density at radius 3 is 2.77 bits per heavy atom. The summed E-state index contributed by atoms with van der Waals surface area (Å²) in [5, 5.41) is 2.31. The van der Waals surface area contributed by atoms with Crippen molar-refractivity contribution < 1.29 is 23.8 Å². The molecule has 0 saturated carbocycles. The lowest BCUT2D eigenvalue weighted by molar-refractivity contribution is -0.145. The molecule has 1 atom stereocenters. The Morgan fingerprint density at radius 2 is 2.14 bits per heavy atom. The monoisotopic (exact) mass is 319 g/mol. The van der Waals surface area contributed by atoms with Gasteiger partial charge in [0.1, 0.15) is 10.8 Å². The van der Waals surface area contributed by atoms with Gasteiger partial charge in [0.05, 0.1) is 13.7 Å². The fourth-order valence-corrected chi connectivity index (χ4v) is 2.80. The zero-order valence-electron chi connectivity index (χ0n) is 11.8. The number of esters is 2. The zero-order chi connectivity index (χ0) is 15.5. The lowest BCUT2D eigenvalue weighted by Crippen LogP contribution is -2.22. The van der Waals surface area contributed by atoms with Gasteiger partial charge in [-0.25, -0.2) is 14.6 Å². The maximum Gasteiger partial charge on any atom is 0.358 e. The summed E-state index contributed by atoms with van der Waals surface area (Å²) in [5.41, 5.74) is 1.07. The molecule has 0 amide bonds. The van der Waals surface area contributed by atoms with E-state index < -0.39 is 18.0 Å². The standard InChI is InChI=1S/C15H13NO5S/c1-19-10-4-2-9(3-5-10)13-16-11(8-22-13)14(17)21-12-6-7-20-15(12)18/h2-5,8,12H,6-7H2,1H3/t12-/m1/s1. The molecule has 114 valence electrons. The van der Waals surface area contributed by atoms with Crippen molar-refractivity contribution in [2.24, 2.45) is 0 Å². The molecule has 0 unspecified atom stereocenters. The van der Waals surface area contributed by atoms with Gasteiger partial charge in [-0.1, -0.05) is 0 Å². The van der Waals surface area contributed by atoms with E-state index in [0.29, 0.717) is 11.4 Å². The summed E-state index contributed by atoms with van der Waals surface area (Å²) >= 11 is 1.33. The number of ether oxygens (including phenoxy) is 3. The van der Waals surface area contributed by atoms with Gasteiger partial charge in [0.15, 0.2) is 5.69 Å². The van der Waals surface area contributed by atoms with Crippen LogP contribution in [0.25, 0.3) is 10.6 Å². The second kappa shape index (κ2) is 6.15. The van der Waals surface area contributed by atoms with Gasteiger partial charge in [-0.15, -0.1) is 11.3 Å². The van der Waals surface area contributed by atoms with Gasteiger partial charge in [-0.2, -0.15) is 0 Å². The normalized spacial score (nSPS) is 17.1. The number of rotatable bonds is 4. The van der Waals surface area contributed by atoms with Gasteiger partial charge < -0.3 is 14.2 Å². The van der Waals surface area contributed by atoms with Crippen molar-refractivity contribution in [3.63, 3.8) is 0 Å². The van der Waals surface area contributed by atoms with E-state index in [-0.39, 0.29) is 12.3 Å². The number of hydrogen-bond acceptors (Lipinski definition) is 7. The maximum atomic E-state index is 12.0. The molecule has 1 aromatic carbocycles. The molecule has 1 aliphatic heterocycles. The Morgan fingerprint density at radius 1 is 1.36 bits per heavy atom. The molecule has 0 bridgehead atoms. The van der Waals surface area contributed by atoms with E-state index in [4.69, 9.17) is 14.2 Å². The van der Waals surface area contributed by atoms with Crippen molar-refractivity contribution in [2.75, 3.05) is 13.7 Å². The molecule has 1 aliphatic rings. The van der Waals surface area contributed by atoms with E-state index in [0.717, 1.165) is 11.3 Å². The molecule has 2 heterocycles. The van der Waals surface area contributed by atoms with Crippen LogP contribution in [-0.4, -0.2) is 36.7 Å². The minimum absolute atomic E-state index is 0.190. The smallest absolute Gasteiger partial charge is 0.358 e. The molecule has 3 rings (SSSR count). The fraction of sp³-hybridized carbons (Fsp3) is 0.267. The van der Waals surface area contributed by atoms with E-state index >= 15 is 0 Å². The van der Waals surface area contributed by atoms with Gasteiger partial charge in [0.2, 0.25) is 6.10 Å². The van der Waals surface area contributed by atoms with Gasteiger partial charge in [-0.3, -0.25) is 0 Å². The van der Waals surface area contributed by atoms with Crippen molar-refractivity contribution in [2.45, 2.75) is 12.5 Å². The first-order valence-corrected chi connectivity index (χ1v) is 7.53. The van der Waals surface area contributed by atoms with Crippen LogP contribution in [0.2, 0.25) is 0 Å². The number of carbonyl (C=O) groups excluding carboxylic acids is 2. The third kappa shape index (κ3) is 2.94. The summed E-state index contributed by atoms with van der Waals surface area (Å²) in [6.07, 6.45) is -0.432. The van der Waals surface area contributed by atoms with Crippen LogP contribution in [-0.2, 0) is 14.3 Å². The van der Waals surface area contributed by atoms with Gasteiger partial charge in [0, 0.05) is 17.4 Å². The number of thiazole rings is 1. The molecule has 0 radical (unpaired) electrons. The Bertz CT molecular complexity index is 694. The summed E-state index contributed by atoms with van der Waals surface area (Å²) in [6.45, 7) is 0.283. The van der Waals surface area contributed by atoms with Crippen LogP contribution in [0.1, 0.15) is 16.9 Å². The molecule has 0 spiro atoms. The van der Waals surface area contributed by atoms with Crippen LogP contribution in [0.5, 0.6) is 5.75 Å². The first kappa shape index (κ1) is 14.5. The maximum absolute atomic E-state index is 12.0. The number of aromatic nitrogens is 1. The third-order valence-electron chi connectivity index (χ3n) is 3.19. The summed E-state index contributed by atoms with van der Waals surface area (Å²) in [6, 6.07) is 7.37. The molecule has 7 heteroatoms. The van der Waals surface area contributed by atoms with Gasteiger partial charge in [0.25, 0.3) is 0 Å². The van der Waals surface area contributed by atoms with E-state index in [2.05, 4.69) is 4.98 Å². The SMILES string of the molecule is COc1ccc(-c2nc(C(=O)O[C@@H]3CCOC3=O)cs2)cc1. The topological polar surface area (TPSA) is 74.7 Å². The van der Waals surface area contributed by atoms with Crippen molar-refractivity contribution in [1.29, 1.82) is 0 Å². The van der Waals surface area contributed by atoms with Crippen LogP contribution < -0.4 is 4.74 Å². The predicted molar refractivity (Wildman–Crippen MR) is 78.9 cm³/mol. The molecule has 0 aliphatic carbocycles. The Kier molecular flexibility index (Phi) is 4.06. The zero-order valence-corrected chi connectivity index (χ0v) is 12.6. The van der Waals surface area contributed by atoms with Crippen molar-refractivity contribution >= 4 is 23.3 Å². The van der Waals surface area contributed by atoms with Crippen molar-refractivity contribution in [1.82, 2.24) is 4.98 Å². The number of methoxy groups -OCH3 is 1. The first-order chi connectivity index (χ1) is 10.7. The van der Waals surface area contributed by atoms with Crippen LogP contribution >= 0.6 is 11.3 Å². The molecule has 0 N–H and O–H groups in total. The largest absolute Gasteiger partial charge is 0.497 e. The molecule has 2 aromatic rings. The highest BCUT2D eigenvalue weighted by molar-refractivity contribution is 7.13. The molecule has 1 aromatic heterocycles. The Hall–Kier alpha value is -2.41. The minimum atomic E-state index is -0.821. The highest BCUT2D eigenvalue weighted by Crippen LogP contribution is 2.26. The number of carbonyl (C=O) groups is 2. The summed E-state index contributed by atoms with van der Waals surface area (Å²) in [5.74, 6) is -0.362. The van der Waals surface area contributed by atoms with Crippen molar-refractivity contribution in [3.05, 3.63) is 35.3 Å². The van der Waals surface area contributed by atoms with Crippen LogP contribution in [0.4, 0.5) is 0 Å². The number of cyclic esters (lactones) is 1. The highest BCUT2D eigenvalue weighted by Gasteiger charge is 2.31.